The van der Waals surface area contributed by atoms with Crippen LogP contribution >= 0.6 is 0 Å². The highest BCUT2D eigenvalue weighted by Gasteiger charge is 2.55. The lowest BCUT2D eigenvalue weighted by atomic mass is 9.70. The molecule has 1 heterocycles. The van der Waals surface area contributed by atoms with Crippen molar-refractivity contribution >= 4 is 22.4 Å². The number of allylic oxidation sites excluding steroid dienone is 14. The van der Waals surface area contributed by atoms with Gasteiger partial charge in [0.1, 0.15) is 0 Å². The molecule has 0 radical (unpaired) electrons. The summed E-state index contributed by atoms with van der Waals surface area (Å²) in [6.45, 7) is 17.0. The maximum atomic E-state index is 8.60. The van der Waals surface area contributed by atoms with Crippen molar-refractivity contribution in [2.45, 2.75) is 25.3 Å². The van der Waals surface area contributed by atoms with Gasteiger partial charge in [0, 0.05) is 23.9 Å². The van der Waals surface area contributed by atoms with Gasteiger partial charge in [0.25, 0.3) is 0 Å². The van der Waals surface area contributed by atoms with Crippen molar-refractivity contribution in [1.29, 1.82) is 5.41 Å². The van der Waals surface area contributed by atoms with E-state index in [1.54, 1.807) is 6.08 Å². The maximum absolute atomic E-state index is 8.60. The highest BCUT2D eigenvalue weighted by molar-refractivity contribution is 6.15. The monoisotopic (exact) mass is 642 g/mol. The Morgan fingerprint density at radius 1 is 0.840 bits per heavy atom. The van der Waals surface area contributed by atoms with Crippen LogP contribution in [0.3, 0.4) is 0 Å². The molecule has 2 atom stereocenters. The van der Waals surface area contributed by atoms with Gasteiger partial charge >= 0.3 is 0 Å². The predicted molar refractivity (Wildman–Crippen MR) is 210 cm³/mol. The van der Waals surface area contributed by atoms with Crippen molar-refractivity contribution in [2.24, 2.45) is 0 Å². The van der Waals surface area contributed by atoms with Crippen molar-refractivity contribution in [3.63, 3.8) is 0 Å². The van der Waals surface area contributed by atoms with E-state index >= 15 is 0 Å². The van der Waals surface area contributed by atoms with Crippen molar-refractivity contribution in [3.05, 3.63) is 221 Å². The minimum absolute atomic E-state index is 0.0751. The van der Waals surface area contributed by atoms with Crippen LogP contribution in [0.1, 0.15) is 64.4 Å². The van der Waals surface area contributed by atoms with Crippen LogP contribution in [0.5, 0.6) is 0 Å². The lowest BCUT2D eigenvalue weighted by Crippen LogP contribution is -2.31. The lowest BCUT2D eigenvalue weighted by Gasteiger charge is -2.41. The molecule has 4 aliphatic rings. The Morgan fingerprint density at radius 2 is 1.66 bits per heavy atom. The van der Waals surface area contributed by atoms with Crippen LogP contribution in [0.4, 0.5) is 0 Å². The maximum Gasteiger partial charge on any atom is 0.0801 e. The van der Waals surface area contributed by atoms with Crippen LogP contribution in [-0.2, 0) is 5.41 Å². The third-order valence-electron chi connectivity index (χ3n) is 10.8. The number of hydrogen-bond acceptors (Lipinski definition) is 2. The summed E-state index contributed by atoms with van der Waals surface area (Å²) >= 11 is 0. The second-order valence-corrected chi connectivity index (χ2v) is 13.2. The quantitative estimate of drug-likeness (QED) is 0.236. The summed E-state index contributed by atoms with van der Waals surface area (Å²) in [4.78, 5) is 2.31. The van der Waals surface area contributed by atoms with Gasteiger partial charge in [0.15, 0.2) is 0 Å². The summed E-state index contributed by atoms with van der Waals surface area (Å²) in [5.74, 6) is 0. The molecular weight excluding hydrogens is 605 g/mol. The zero-order valence-electron chi connectivity index (χ0n) is 28.8. The smallest absolute Gasteiger partial charge is 0.0801 e. The number of rotatable bonds is 4. The van der Waals surface area contributed by atoms with Crippen LogP contribution in [0.25, 0.3) is 27.8 Å². The standard InChI is InChI=1S/C48H38N2/c1-7-16-31-24-25-33(29-44(31)49)32-18-15-19-34(28-32)47-39-26-27-43-46(45(39)35(9-3)30(5)50(47)6)38(17-8-2)40(10-4)48(43)41-22-13-11-20-36(41)37-21-12-14-23-42(37)48/h7-13,15-22,24-29,47,49H,1-2,5H2,3-4,6H3/b31-16-,35-9+,38-17+,40-10+,49-44?. The van der Waals surface area contributed by atoms with Crippen molar-refractivity contribution in [2.75, 3.05) is 7.05 Å². The summed E-state index contributed by atoms with van der Waals surface area (Å²) in [7, 11) is 2.15. The molecule has 0 bridgehead atoms. The topological polar surface area (TPSA) is 27.1 Å². The van der Waals surface area contributed by atoms with E-state index in [4.69, 9.17) is 12.0 Å². The van der Waals surface area contributed by atoms with E-state index in [0.29, 0.717) is 5.71 Å². The molecular formula is C48H38N2. The fraction of sp³-hybridized carbons (Fsp3) is 0.104. The number of hydrogen-bond donors (Lipinski definition) is 1. The first-order valence-corrected chi connectivity index (χ1v) is 17.1. The summed E-state index contributed by atoms with van der Waals surface area (Å²) in [6.07, 6.45) is 18.2. The zero-order valence-corrected chi connectivity index (χ0v) is 28.8. The van der Waals surface area contributed by atoms with Crippen LogP contribution in [0, 0.1) is 17.5 Å². The second kappa shape index (κ2) is 11.8. The Kier molecular flexibility index (Phi) is 7.32. The average Bonchev–Trinajstić information content (AvgIpc) is 3.60. The predicted octanol–water partition coefficient (Wildman–Crippen LogP) is 11.2. The first kappa shape index (κ1) is 31.1. The van der Waals surface area contributed by atoms with Crippen molar-refractivity contribution in [3.8, 4) is 11.1 Å². The summed E-state index contributed by atoms with van der Waals surface area (Å²) < 4.78 is 0. The third kappa shape index (κ3) is 4.14. The Labute approximate surface area is 296 Å². The molecule has 0 saturated heterocycles. The number of benzene rings is 3. The normalized spacial score (nSPS) is 21.3. The minimum Gasteiger partial charge on any atom is -0.363 e. The third-order valence-corrected chi connectivity index (χ3v) is 10.8. The van der Waals surface area contributed by atoms with Crippen molar-refractivity contribution in [1.82, 2.24) is 4.90 Å². The second-order valence-electron chi connectivity index (χ2n) is 13.2. The van der Waals surface area contributed by atoms with Crippen LogP contribution < -0.4 is 0 Å². The molecule has 50 heavy (non-hydrogen) atoms. The van der Waals surface area contributed by atoms with Crippen LogP contribution in [-0.4, -0.2) is 17.7 Å². The molecule has 1 aliphatic heterocycles. The number of nitrogens with one attached hydrogen (secondary N) is 1. The van der Waals surface area contributed by atoms with E-state index < -0.39 is 5.41 Å². The molecule has 0 aromatic heterocycles. The molecule has 0 saturated carbocycles. The first-order valence-electron chi connectivity index (χ1n) is 17.1. The number of likely N-dealkylation sites (N-methyl/N-ethyl adjacent to an activating group) is 1. The molecule has 2 unspecified atom stereocenters. The Hall–Kier alpha value is -6.17. The zero-order chi connectivity index (χ0) is 34.7. The molecule has 1 spiro atoms. The van der Waals surface area contributed by atoms with Gasteiger partial charge in [0.05, 0.1) is 17.2 Å². The van der Waals surface area contributed by atoms with E-state index in [0.717, 1.165) is 33.5 Å². The van der Waals surface area contributed by atoms with Gasteiger partial charge in [-0.25, -0.2) is 0 Å². The van der Waals surface area contributed by atoms with Gasteiger partial charge in [-0.2, -0.15) is 0 Å². The molecule has 8 rings (SSSR count). The first-order chi connectivity index (χ1) is 24.4. The minimum atomic E-state index is -0.528. The van der Waals surface area contributed by atoms with E-state index in [1.165, 1.54) is 55.7 Å². The van der Waals surface area contributed by atoms with Crippen LogP contribution in [0.2, 0.25) is 0 Å². The van der Waals surface area contributed by atoms with Crippen molar-refractivity contribution < 1.29 is 0 Å². The number of nitrogens with zero attached hydrogens (tertiary/aromatic N) is 1. The largest absolute Gasteiger partial charge is 0.363 e. The molecule has 0 fully saturated rings. The van der Waals surface area contributed by atoms with Gasteiger partial charge in [-0.05, 0) is 110 Å². The SMILES string of the molecule is C=C/C=C1/C=CC(c2cccc(C3c4ccc5c(c4/C(=C/C)C(=C)N3C)C(=C/C=C)/C(=C\C)C53c4c#cccc4-c4ccccc43)c2)=CC1=N. The van der Waals surface area contributed by atoms with Gasteiger partial charge in [0.2, 0.25) is 0 Å². The van der Waals surface area contributed by atoms with Gasteiger partial charge in [-0.3, -0.25) is 0 Å². The summed E-state index contributed by atoms with van der Waals surface area (Å²) in [5, 5.41) is 8.60. The van der Waals surface area contributed by atoms with Gasteiger partial charge in [-0.1, -0.05) is 135 Å². The van der Waals surface area contributed by atoms with E-state index in [-0.39, 0.29) is 6.04 Å². The van der Waals surface area contributed by atoms with E-state index in [2.05, 4.69) is 142 Å². The Morgan fingerprint density at radius 3 is 2.42 bits per heavy atom. The molecule has 4 aromatic carbocycles. The molecule has 2 nitrogen and oxygen atoms in total. The highest BCUT2D eigenvalue weighted by Crippen LogP contribution is 2.65. The Balaban J connectivity index is 1.39. The van der Waals surface area contributed by atoms with E-state index in [9.17, 15) is 0 Å². The fourth-order valence-corrected chi connectivity index (χ4v) is 8.83. The van der Waals surface area contributed by atoms with Crippen LogP contribution in [0.15, 0.2) is 164 Å². The molecule has 240 valence electrons. The van der Waals surface area contributed by atoms with E-state index in [1.807, 2.05) is 30.4 Å². The molecule has 3 aliphatic carbocycles. The summed E-state index contributed by atoms with van der Waals surface area (Å²) in [6, 6.07) is 33.3. The van der Waals surface area contributed by atoms with Gasteiger partial charge in [-0.15, -0.1) is 0 Å². The summed E-state index contributed by atoms with van der Waals surface area (Å²) in [5.41, 5.74) is 18.4. The molecule has 4 aromatic rings. The number of fused-ring (bicyclic) bond motifs is 9. The molecule has 1 N–H and O–H groups in total. The fourth-order valence-electron chi connectivity index (χ4n) is 8.83. The lowest BCUT2D eigenvalue weighted by molar-refractivity contribution is 0.358. The highest BCUT2D eigenvalue weighted by atomic mass is 15.2. The Bertz CT molecular complexity index is 2330. The average molecular weight is 643 g/mol. The molecule has 2 heteroatoms. The van der Waals surface area contributed by atoms with Gasteiger partial charge < -0.3 is 10.3 Å². The molecule has 0 amide bonds.